The molecule has 5 heteroatoms. The average molecular weight is 287 g/mol. The van der Waals surface area contributed by atoms with Crippen molar-refractivity contribution in [2.45, 2.75) is 25.7 Å². The minimum absolute atomic E-state index is 0.0715. The molecule has 21 heavy (non-hydrogen) atoms. The van der Waals surface area contributed by atoms with Crippen LogP contribution in [0.4, 0.5) is 11.4 Å². The molecule has 1 aliphatic carbocycles. The number of hydrogen-bond donors (Lipinski definition) is 3. The van der Waals surface area contributed by atoms with Crippen molar-refractivity contribution < 1.29 is 9.59 Å². The van der Waals surface area contributed by atoms with E-state index in [9.17, 15) is 9.59 Å². The van der Waals surface area contributed by atoms with E-state index in [1.807, 2.05) is 24.3 Å². The van der Waals surface area contributed by atoms with Crippen LogP contribution in [0.3, 0.4) is 0 Å². The van der Waals surface area contributed by atoms with Crippen LogP contribution in [0.5, 0.6) is 0 Å². The van der Waals surface area contributed by atoms with Gasteiger partial charge in [0.2, 0.25) is 11.8 Å². The molecule has 2 amide bonds. The lowest BCUT2D eigenvalue weighted by molar-refractivity contribution is -0.120. The molecule has 0 aromatic heterocycles. The Hall–Kier alpha value is -1.88. The molecule has 0 unspecified atom stereocenters. The highest BCUT2D eigenvalue weighted by Crippen LogP contribution is 2.30. The third-order valence-electron chi connectivity index (χ3n) is 4.06. The van der Waals surface area contributed by atoms with E-state index in [0.717, 1.165) is 50.1 Å². The number of anilines is 2. The van der Waals surface area contributed by atoms with Crippen LogP contribution in [0.25, 0.3) is 0 Å². The van der Waals surface area contributed by atoms with Crippen molar-refractivity contribution >= 4 is 23.2 Å². The van der Waals surface area contributed by atoms with Crippen molar-refractivity contribution in [3.8, 4) is 0 Å². The molecule has 1 aliphatic heterocycles. The Morgan fingerprint density at radius 1 is 0.905 bits per heavy atom. The van der Waals surface area contributed by atoms with Crippen molar-refractivity contribution in [3.05, 3.63) is 24.3 Å². The van der Waals surface area contributed by atoms with Crippen LogP contribution in [0, 0.1) is 11.8 Å². The van der Waals surface area contributed by atoms with Gasteiger partial charge in [0.05, 0.1) is 0 Å². The standard InChI is InChI=1S/C16H21N3O2/c20-15(11-4-5-11)18-13-2-1-3-14(10-13)19-16(21)12-6-8-17-9-7-12/h1-3,10-12,17H,4-9H2,(H,18,20)(H,19,21). The van der Waals surface area contributed by atoms with Crippen LogP contribution < -0.4 is 16.0 Å². The van der Waals surface area contributed by atoms with Gasteiger partial charge in [0, 0.05) is 23.2 Å². The molecule has 1 heterocycles. The third kappa shape index (κ3) is 3.82. The van der Waals surface area contributed by atoms with E-state index < -0.39 is 0 Å². The van der Waals surface area contributed by atoms with Gasteiger partial charge in [0.25, 0.3) is 0 Å². The van der Waals surface area contributed by atoms with Crippen LogP contribution in [0.1, 0.15) is 25.7 Å². The normalized spacial score (nSPS) is 19.0. The molecule has 112 valence electrons. The predicted molar refractivity (Wildman–Crippen MR) is 82.0 cm³/mol. The summed E-state index contributed by atoms with van der Waals surface area (Å²) in [5, 5.41) is 9.10. The second-order valence-corrected chi connectivity index (χ2v) is 5.86. The van der Waals surface area contributed by atoms with Crippen molar-refractivity contribution in [3.63, 3.8) is 0 Å². The zero-order valence-electron chi connectivity index (χ0n) is 12.0. The first kappa shape index (κ1) is 14.1. The largest absolute Gasteiger partial charge is 0.326 e. The summed E-state index contributed by atoms with van der Waals surface area (Å²) in [6, 6.07) is 7.37. The first-order valence-electron chi connectivity index (χ1n) is 7.65. The second-order valence-electron chi connectivity index (χ2n) is 5.86. The third-order valence-corrected chi connectivity index (χ3v) is 4.06. The maximum Gasteiger partial charge on any atom is 0.227 e. The first-order valence-corrected chi connectivity index (χ1v) is 7.65. The number of benzene rings is 1. The molecule has 0 radical (unpaired) electrons. The average Bonchev–Trinajstić information content (AvgIpc) is 3.33. The van der Waals surface area contributed by atoms with E-state index in [0.29, 0.717) is 0 Å². The van der Waals surface area contributed by atoms with Crippen LogP contribution in [-0.2, 0) is 9.59 Å². The minimum atomic E-state index is 0.0715. The summed E-state index contributed by atoms with van der Waals surface area (Å²) < 4.78 is 0. The van der Waals surface area contributed by atoms with Gasteiger partial charge in [-0.3, -0.25) is 9.59 Å². The number of nitrogens with one attached hydrogen (secondary N) is 3. The molecule has 2 fully saturated rings. The van der Waals surface area contributed by atoms with Gasteiger partial charge in [0.1, 0.15) is 0 Å². The highest BCUT2D eigenvalue weighted by Gasteiger charge is 2.29. The van der Waals surface area contributed by atoms with Gasteiger partial charge >= 0.3 is 0 Å². The van der Waals surface area contributed by atoms with Crippen molar-refractivity contribution in [1.29, 1.82) is 0 Å². The van der Waals surface area contributed by atoms with Crippen molar-refractivity contribution in [2.75, 3.05) is 23.7 Å². The molecule has 1 aromatic rings. The predicted octanol–water partition coefficient (Wildman–Crippen LogP) is 1.97. The van der Waals surface area contributed by atoms with Gasteiger partial charge in [-0.15, -0.1) is 0 Å². The Bertz CT molecular complexity index is 534. The number of carbonyl (C=O) groups is 2. The van der Waals surface area contributed by atoms with Crippen LogP contribution in [0.15, 0.2) is 24.3 Å². The monoisotopic (exact) mass is 287 g/mol. The summed E-state index contributed by atoms with van der Waals surface area (Å²) in [4.78, 5) is 23.9. The van der Waals surface area contributed by atoms with Crippen LogP contribution >= 0.6 is 0 Å². The lowest BCUT2D eigenvalue weighted by atomic mass is 9.97. The molecule has 0 spiro atoms. The highest BCUT2D eigenvalue weighted by atomic mass is 16.2. The molecule has 0 atom stereocenters. The van der Waals surface area contributed by atoms with E-state index >= 15 is 0 Å². The molecule has 2 aliphatic rings. The molecule has 1 aromatic carbocycles. The Morgan fingerprint density at radius 3 is 1.95 bits per heavy atom. The summed E-state index contributed by atoms with van der Waals surface area (Å²) in [5.41, 5.74) is 1.49. The molecule has 3 N–H and O–H groups in total. The fourth-order valence-electron chi connectivity index (χ4n) is 2.59. The number of hydrogen-bond acceptors (Lipinski definition) is 3. The molecule has 3 rings (SSSR count). The fourth-order valence-corrected chi connectivity index (χ4v) is 2.59. The van der Waals surface area contributed by atoms with E-state index in [2.05, 4.69) is 16.0 Å². The highest BCUT2D eigenvalue weighted by molar-refractivity contribution is 5.96. The first-order chi connectivity index (χ1) is 10.2. The molecular weight excluding hydrogens is 266 g/mol. The van der Waals surface area contributed by atoms with Crippen LogP contribution in [-0.4, -0.2) is 24.9 Å². The summed E-state index contributed by atoms with van der Waals surface area (Å²) in [7, 11) is 0. The summed E-state index contributed by atoms with van der Waals surface area (Å²) in [6.45, 7) is 1.80. The van der Waals surface area contributed by atoms with E-state index in [4.69, 9.17) is 0 Å². The van der Waals surface area contributed by atoms with Gasteiger partial charge in [-0.05, 0) is 57.0 Å². The molecular formula is C16H21N3O2. The van der Waals surface area contributed by atoms with Crippen molar-refractivity contribution in [1.82, 2.24) is 5.32 Å². The number of piperidine rings is 1. The van der Waals surface area contributed by atoms with Crippen molar-refractivity contribution in [2.24, 2.45) is 11.8 Å². The van der Waals surface area contributed by atoms with Gasteiger partial charge in [0.15, 0.2) is 0 Å². The second kappa shape index (κ2) is 6.26. The smallest absolute Gasteiger partial charge is 0.227 e. The van der Waals surface area contributed by atoms with E-state index in [1.54, 1.807) is 0 Å². The Kier molecular flexibility index (Phi) is 4.20. The van der Waals surface area contributed by atoms with Crippen LogP contribution in [0.2, 0.25) is 0 Å². The molecule has 1 saturated heterocycles. The number of carbonyl (C=O) groups excluding carboxylic acids is 2. The molecule has 0 bridgehead atoms. The quantitative estimate of drug-likeness (QED) is 0.793. The minimum Gasteiger partial charge on any atom is -0.326 e. The summed E-state index contributed by atoms with van der Waals surface area (Å²) in [6.07, 6.45) is 3.73. The Morgan fingerprint density at radius 2 is 1.43 bits per heavy atom. The summed E-state index contributed by atoms with van der Waals surface area (Å²) in [5.74, 6) is 0.410. The Balaban J connectivity index is 1.59. The van der Waals surface area contributed by atoms with Gasteiger partial charge in [-0.2, -0.15) is 0 Å². The maximum absolute atomic E-state index is 12.2. The number of amides is 2. The zero-order valence-corrected chi connectivity index (χ0v) is 12.0. The molecule has 1 saturated carbocycles. The van der Waals surface area contributed by atoms with E-state index in [1.165, 1.54) is 0 Å². The SMILES string of the molecule is O=C(Nc1cccc(NC(=O)C2CC2)c1)C1CCNCC1. The molecule has 5 nitrogen and oxygen atoms in total. The Labute approximate surface area is 124 Å². The topological polar surface area (TPSA) is 70.2 Å². The van der Waals surface area contributed by atoms with Gasteiger partial charge in [-0.1, -0.05) is 6.07 Å². The van der Waals surface area contributed by atoms with Gasteiger partial charge < -0.3 is 16.0 Å². The summed E-state index contributed by atoms with van der Waals surface area (Å²) >= 11 is 0. The fraction of sp³-hybridized carbons (Fsp3) is 0.500. The maximum atomic E-state index is 12.2. The van der Waals surface area contributed by atoms with E-state index in [-0.39, 0.29) is 23.7 Å². The number of rotatable bonds is 4. The zero-order chi connectivity index (χ0) is 14.7. The van der Waals surface area contributed by atoms with Gasteiger partial charge in [-0.25, -0.2) is 0 Å². The lowest BCUT2D eigenvalue weighted by Gasteiger charge is -2.21. The lowest BCUT2D eigenvalue weighted by Crippen LogP contribution is -2.34.